The van der Waals surface area contributed by atoms with E-state index in [1.807, 2.05) is 0 Å². The van der Waals surface area contributed by atoms with Crippen LogP contribution in [0.25, 0.3) is 0 Å². The Hall–Kier alpha value is -0.860. The predicted molar refractivity (Wildman–Crippen MR) is 47.1 cm³/mol. The molecular formula is C9H15NO2. The minimum atomic E-state index is 0.0622. The van der Waals surface area contributed by atoms with Crippen LogP contribution in [0, 0.1) is 5.41 Å². The van der Waals surface area contributed by atoms with Crippen LogP contribution < -0.4 is 0 Å². The number of nitrogens with zero attached hydrogens (tertiary/aromatic N) is 1. The van der Waals surface area contributed by atoms with Gasteiger partial charge in [0.2, 0.25) is 0 Å². The number of ketones is 1. The van der Waals surface area contributed by atoms with Crippen LogP contribution in [-0.4, -0.2) is 18.6 Å². The predicted octanol–water partition coefficient (Wildman–Crippen LogP) is 1.77. The first kappa shape index (κ1) is 9.23. The maximum Gasteiger partial charge on any atom is 0.139 e. The summed E-state index contributed by atoms with van der Waals surface area (Å²) in [5.74, 6) is 0.266. The number of rotatable bonds is 1. The highest BCUT2D eigenvalue weighted by atomic mass is 16.6. The molecule has 0 spiro atoms. The summed E-state index contributed by atoms with van der Waals surface area (Å²) in [6, 6.07) is 0. The molecule has 0 aromatic rings. The van der Waals surface area contributed by atoms with Crippen molar-refractivity contribution < 1.29 is 9.63 Å². The molecule has 0 unspecified atom stereocenters. The summed E-state index contributed by atoms with van der Waals surface area (Å²) in [5.41, 5.74) is 0.936. The fraction of sp³-hybridized carbons (Fsp3) is 0.778. The second-order valence-electron chi connectivity index (χ2n) is 4.07. The summed E-state index contributed by atoms with van der Waals surface area (Å²) in [4.78, 5) is 15.9. The van der Waals surface area contributed by atoms with Crippen molar-refractivity contribution in [2.24, 2.45) is 10.6 Å². The molecule has 0 saturated heterocycles. The molecule has 0 aromatic carbocycles. The SMILES string of the molecule is CON=C1CC(=O)CC(C)(C)C1. The van der Waals surface area contributed by atoms with Crippen molar-refractivity contribution in [1.82, 2.24) is 0 Å². The molecule has 0 bridgehead atoms. The maximum absolute atomic E-state index is 11.2. The number of hydrogen-bond donors (Lipinski definition) is 0. The van der Waals surface area contributed by atoms with Gasteiger partial charge in [-0.2, -0.15) is 0 Å². The zero-order valence-electron chi connectivity index (χ0n) is 7.89. The Morgan fingerprint density at radius 3 is 2.58 bits per heavy atom. The van der Waals surface area contributed by atoms with E-state index in [1.165, 1.54) is 7.11 Å². The molecule has 1 fully saturated rings. The molecule has 0 atom stereocenters. The fourth-order valence-electron chi connectivity index (χ4n) is 1.69. The van der Waals surface area contributed by atoms with E-state index in [9.17, 15) is 4.79 Å². The minimum Gasteiger partial charge on any atom is -0.399 e. The van der Waals surface area contributed by atoms with Gasteiger partial charge in [0, 0.05) is 12.8 Å². The Kier molecular flexibility index (Phi) is 2.50. The first-order valence-electron chi connectivity index (χ1n) is 4.14. The first-order chi connectivity index (χ1) is 5.53. The highest BCUT2D eigenvalue weighted by Gasteiger charge is 2.30. The summed E-state index contributed by atoms with van der Waals surface area (Å²) in [5, 5.41) is 3.83. The molecule has 0 amide bonds. The van der Waals surface area contributed by atoms with Crippen LogP contribution in [0.5, 0.6) is 0 Å². The molecule has 3 heteroatoms. The van der Waals surface area contributed by atoms with Gasteiger partial charge in [0.1, 0.15) is 12.9 Å². The number of hydrogen-bond acceptors (Lipinski definition) is 3. The van der Waals surface area contributed by atoms with Crippen molar-refractivity contribution in [1.29, 1.82) is 0 Å². The standard InChI is InChI=1S/C9H15NO2/c1-9(2)5-7(10-12-3)4-8(11)6-9/h4-6H2,1-3H3. The molecule has 1 aliphatic carbocycles. The van der Waals surface area contributed by atoms with Crippen molar-refractivity contribution >= 4 is 11.5 Å². The van der Waals surface area contributed by atoms with E-state index in [1.54, 1.807) is 0 Å². The molecule has 1 aliphatic rings. The summed E-state index contributed by atoms with van der Waals surface area (Å²) in [7, 11) is 1.51. The normalized spacial score (nSPS) is 25.9. The number of oxime groups is 1. The van der Waals surface area contributed by atoms with Crippen molar-refractivity contribution in [3.05, 3.63) is 0 Å². The van der Waals surface area contributed by atoms with Crippen molar-refractivity contribution in [3.8, 4) is 0 Å². The van der Waals surface area contributed by atoms with Crippen molar-refractivity contribution in [3.63, 3.8) is 0 Å². The second kappa shape index (κ2) is 3.25. The Balaban J connectivity index is 2.70. The first-order valence-corrected chi connectivity index (χ1v) is 4.14. The van der Waals surface area contributed by atoms with Gasteiger partial charge in [-0.25, -0.2) is 0 Å². The van der Waals surface area contributed by atoms with Gasteiger partial charge in [0.25, 0.3) is 0 Å². The third kappa shape index (κ3) is 2.32. The number of carbonyl (C=O) groups excluding carboxylic acids is 1. The average Bonchev–Trinajstić information content (AvgIpc) is 1.82. The lowest BCUT2D eigenvalue weighted by Gasteiger charge is -2.28. The third-order valence-electron chi connectivity index (χ3n) is 1.98. The van der Waals surface area contributed by atoms with Gasteiger partial charge in [-0.3, -0.25) is 4.79 Å². The fourth-order valence-corrected chi connectivity index (χ4v) is 1.69. The topological polar surface area (TPSA) is 38.7 Å². The van der Waals surface area contributed by atoms with Crippen LogP contribution in [-0.2, 0) is 9.63 Å². The summed E-state index contributed by atoms with van der Waals surface area (Å²) in [6.45, 7) is 4.16. The van der Waals surface area contributed by atoms with Crippen LogP contribution in [0.4, 0.5) is 0 Å². The Morgan fingerprint density at radius 2 is 2.08 bits per heavy atom. The largest absolute Gasteiger partial charge is 0.399 e. The van der Waals surface area contributed by atoms with E-state index >= 15 is 0 Å². The zero-order chi connectivity index (χ0) is 9.19. The molecule has 68 valence electrons. The van der Waals surface area contributed by atoms with Gasteiger partial charge in [0.15, 0.2) is 0 Å². The Labute approximate surface area is 72.8 Å². The minimum absolute atomic E-state index is 0.0622. The van der Waals surface area contributed by atoms with Crippen LogP contribution in [0.3, 0.4) is 0 Å². The lowest BCUT2D eigenvalue weighted by molar-refractivity contribution is -0.120. The van der Waals surface area contributed by atoms with Gasteiger partial charge >= 0.3 is 0 Å². The molecule has 0 radical (unpaired) electrons. The molecule has 0 aliphatic heterocycles. The van der Waals surface area contributed by atoms with Crippen LogP contribution in [0.2, 0.25) is 0 Å². The highest BCUT2D eigenvalue weighted by Crippen LogP contribution is 2.31. The number of carbonyl (C=O) groups is 1. The molecular weight excluding hydrogens is 154 g/mol. The average molecular weight is 169 g/mol. The van der Waals surface area contributed by atoms with E-state index in [0.29, 0.717) is 12.8 Å². The number of Topliss-reactive ketones (excluding diaryl/α,β-unsaturated/α-hetero) is 1. The Bertz CT molecular complexity index is 219. The van der Waals surface area contributed by atoms with Crippen molar-refractivity contribution in [2.45, 2.75) is 33.1 Å². The van der Waals surface area contributed by atoms with Gasteiger partial charge in [-0.15, -0.1) is 0 Å². The van der Waals surface area contributed by atoms with E-state index in [2.05, 4.69) is 23.8 Å². The van der Waals surface area contributed by atoms with Gasteiger partial charge in [0.05, 0.1) is 5.71 Å². The lowest BCUT2D eigenvalue weighted by atomic mass is 9.76. The second-order valence-corrected chi connectivity index (χ2v) is 4.07. The molecule has 1 rings (SSSR count). The molecule has 12 heavy (non-hydrogen) atoms. The highest BCUT2D eigenvalue weighted by molar-refractivity contribution is 6.04. The molecule has 3 nitrogen and oxygen atoms in total. The van der Waals surface area contributed by atoms with Gasteiger partial charge in [-0.05, 0) is 11.8 Å². The summed E-state index contributed by atoms with van der Waals surface area (Å²) >= 11 is 0. The summed E-state index contributed by atoms with van der Waals surface area (Å²) in [6.07, 6.45) is 2.00. The van der Waals surface area contributed by atoms with E-state index < -0.39 is 0 Å². The van der Waals surface area contributed by atoms with Crippen LogP contribution >= 0.6 is 0 Å². The molecule has 0 N–H and O–H groups in total. The van der Waals surface area contributed by atoms with Crippen LogP contribution in [0.15, 0.2) is 5.16 Å². The Morgan fingerprint density at radius 1 is 1.42 bits per heavy atom. The zero-order valence-corrected chi connectivity index (χ0v) is 7.89. The van der Waals surface area contributed by atoms with E-state index in [-0.39, 0.29) is 11.2 Å². The van der Waals surface area contributed by atoms with Gasteiger partial charge < -0.3 is 4.84 Å². The van der Waals surface area contributed by atoms with E-state index in [0.717, 1.165) is 12.1 Å². The lowest BCUT2D eigenvalue weighted by Crippen LogP contribution is -2.29. The molecule has 0 aromatic heterocycles. The quantitative estimate of drug-likeness (QED) is 0.561. The third-order valence-corrected chi connectivity index (χ3v) is 1.98. The van der Waals surface area contributed by atoms with Crippen molar-refractivity contribution in [2.75, 3.05) is 7.11 Å². The van der Waals surface area contributed by atoms with Gasteiger partial charge in [-0.1, -0.05) is 19.0 Å². The van der Waals surface area contributed by atoms with Crippen LogP contribution in [0.1, 0.15) is 33.1 Å². The maximum atomic E-state index is 11.2. The molecule has 0 heterocycles. The smallest absolute Gasteiger partial charge is 0.139 e. The van der Waals surface area contributed by atoms with E-state index in [4.69, 9.17) is 0 Å². The molecule has 1 saturated carbocycles. The monoisotopic (exact) mass is 169 g/mol. The summed E-state index contributed by atoms with van der Waals surface area (Å²) < 4.78 is 0.